The molecule has 1 atom stereocenters. The molecule has 1 aromatic rings. The summed E-state index contributed by atoms with van der Waals surface area (Å²) in [5, 5.41) is 2.19. The second-order valence-electron chi connectivity index (χ2n) is 9.48. The van der Waals surface area contributed by atoms with Gasteiger partial charge >= 0.3 is 5.97 Å². The summed E-state index contributed by atoms with van der Waals surface area (Å²) in [6.45, 7) is 5.55. The van der Waals surface area contributed by atoms with Crippen LogP contribution in [0.2, 0.25) is 0 Å². The number of carbonyl (C=O) groups excluding carboxylic acids is 5. The number of carbonyl (C=O) groups is 5. The fourth-order valence-corrected chi connectivity index (χ4v) is 4.01. The fraction of sp³-hybridized carbons (Fsp3) is 0.500. The lowest BCUT2D eigenvalue weighted by Gasteiger charge is -2.27. The summed E-state index contributed by atoms with van der Waals surface area (Å²) < 4.78 is 5.29. The van der Waals surface area contributed by atoms with Gasteiger partial charge in [-0.3, -0.25) is 34.2 Å². The molecule has 8 heteroatoms. The predicted molar refractivity (Wildman–Crippen MR) is 124 cm³/mol. The standard InChI is InChI=1S/C26H30N2O6/c1-26(2,3)34-21(30)14-9-7-5-4-6-8-11-17-12-10-13-18-22(17)25(33)28(24(18)32)19-15-16-20(29)27-23(19)31/h10,12-13,19H,4-7,9,14-16H2,1-3H3,(H,27,29,31). The van der Waals surface area contributed by atoms with Gasteiger partial charge in [0.05, 0.1) is 11.1 Å². The summed E-state index contributed by atoms with van der Waals surface area (Å²) in [5.41, 5.74) is 0.427. The Hall–Kier alpha value is -3.47. The number of nitrogens with one attached hydrogen (secondary N) is 1. The Balaban J connectivity index is 1.53. The van der Waals surface area contributed by atoms with E-state index in [1.54, 1.807) is 18.2 Å². The number of piperidine rings is 1. The number of hydrogen-bond donors (Lipinski definition) is 1. The molecule has 0 bridgehead atoms. The Bertz CT molecular complexity index is 1070. The molecule has 8 nitrogen and oxygen atoms in total. The van der Waals surface area contributed by atoms with Gasteiger partial charge in [0.2, 0.25) is 11.8 Å². The second-order valence-corrected chi connectivity index (χ2v) is 9.48. The number of fused-ring (bicyclic) bond motifs is 1. The zero-order valence-electron chi connectivity index (χ0n) is 19.9. The highest BCUT2D eigenvalue weighted by Gasteiger charge is 2.45. The predicted octanol–water partition coefficient (Wildman–Crippen LogP) is 3.12. The number of ether oxygens (including phenoxy) is 1. The molecule has 1 fully saturated rings. The summed E-state index contributed by atoms with van der Waals surface area (Å²) in [4.78, 5) is 62.2. The van der Waals surface area contributed by atoms with E-state index in [9.17, 15) is 24.0 Å². The van der Waals surface area contributed by atoms with E-state index >= 15 is 0 Å². The van der Waals surface area contributed by atoms with Crippen LogP contribution >= 0.6 is 0 Å². The van der Waals surface area contributed by atoms with E-state index < -0.39 is 35.3 Å². The summed E-state index contributed by atoms with van der Waals surface area (Å²) >= 11 is 0. The van der Waals surface area contributed by atoms with Crippen LogP contribution in [0, 0.1) is 11.8 Å². The summed E-state index contributed by atoms with van der Waals surface area (Å²) in [5.74, 6) is 3.73. The Labute approximate surface area is 199 Å². The molecule has 2 aliphatic rings. The molecule has 1 aromatic carbocycles. The lowest BCUT2D eigenvalue weighted by atomic mass is 10.0. The van der Waals surface area contributed by atoms with Gasteiger partial charge in [0.25, 0.3) is 11.8 Å². The van der Waals surface area contributed by atoms with Crippen molar-refractivity contribution in [2.75, 3.05) is 0 Å². The van der Waals surface area contributed by atoms with Crippen molar-refractivity contribution in [3.05, 3.63) is 34.9 Å². The Morgan fingerprint density at radius 2 is 1.82 bits per heavy atom. The van der Waals surface area contributed by atoms with E-state index in [0.717, 1.165) is 30.6 Å². The van der Waals surface area contributed by atoms with Crippen molar-refractivity contribution in [3.63, 3.8) is 0 Å². The maximum Gasteiger partial charge on any atom is 0.306 e. The minimum Gasteiger partial charge on any atom is -0.460 e. The third-order valence-electron chi connectivity index (χ3n) is 5.54. The van der Waals surface area contributed by atoms with E-state index in [1.165, 1.54) is 0 Å². The van der Waals surface area contributed by atoms with E-state index in [1.807, 2.05) is 20.8 Å². The maximum atomic E-state index is 13.0. The number of esters is 1. The number of rotatable bonds is 7. The zero-order valence-corrected chi connectivity index (χ0v) is 19.9. The Morgan fingerprint density at radius 1 is 1.09 bits per heavy atom. The van der Waals surface area contributed by atoms with Crippen molar-refractivity contribution < 1.29 is 28.7 Å². The molecular formula is C26H30N2O6. The normalized spacial score (nSPS) is 17.7. The molecule has 0 spiro atoms. The van der Waals surface area contributed by atoms with Crippen LogP contribution in [0.1, 0.15) is 98.4 Å². The largest absolute Gasteiger partial charge is 0.460 e. The zero-order chi connectivity index (χ0) is 24.9. The molecule has 0 aromatic heterocycles. The van der Waals surface area contributed by atoms with Gasteiger partial charge in [0, 0.05) is 24.8 Å². The van der Waals surface area contributed by atoms with Gasteiger partial charge in [0.15, 0.2) is 0 Å². The van der Waals surface area contributed by atoms with Gasteiger partial charge in [-0.25, -0.2) is 0 Å². The maximum absolute atomic E-state index is 13.0. The van der Waals surface area contributed by atoms with Gasteiger partial charge < -0.3 is 4.74 Å². The first-order chi connectivity index (χ1) is 16.1. The van der Waals surface area contributed by atoms with E-state index in [4.69, 9.17) is 4.74 Å². The Morgan fingerprint density at radius 3 is 2.53 bits per heavy atom. The molecule has 1 unspecified atom stereocenters. The van der Waals surface area contributed by atoms with Crippen LogP contribution in [0.4, 0.5) is 0 Å². The van der Waals surface area contributed by atoms with Crippen molar-refractivity contribution in [2.24, 2.45) is 0 Å². The monoisotopic (exact) mass is 466 g/mol. The van der Waals surface area contributed by atoms with Gasteiger partial charge in [0.1, 0.15) is 11.6 Å². The average molecular weight is 467 g/mol. The second kappa shape index (κ2) is 10.6. The number of amides is 4. The van der Waals surface area contributed by atoms with Crippen LogP contribution in [0.25, 0.3) is 0 Å². The van der Waals surface area contributed by atoms with Crippen molar-refractivity contribution in [1.82, 2.24) is 10.2 Å². The highest BCUT2D eigenvalue weighted by atomic mass is 16.6. The SMILES string of the molecule is CC(C)(C)OC(=O)CCCCCCC#Cc1cccc2c1C(=O)N(C1CCC(=O)NC1=O)C2=O. The first-order valence-corrected chi connectivity index (χ1v) is 11.6. The van der Waals surface area contributed by atoms with Gasteiger partial charge in [-0.15, -0.1) is 0 Å². The molecule has 0 radical (unpaired) electrons. The van der Waals surface area contributed by atoms with Crippen LogP contribution in [0.5, 0.6) is 0 Å². The van der Waals surface area contributed by atoms with E-state index in [-0.39, 0.29) is 29.9 Å². The van der Waals surface area contributed by atoms with Crippen LogP contribution in [-0.4, -0.2) is 46.1 Å². The first kappa shape index (κ1) is 25.2. The number of imide groups is 2. The smallest absolute Gasteiger partial charge is 0.306 e. The molecule has 4 amide bonds. The molecule has 3 rings (SSSR count). The lowest BCUT2D eigenvalue weighted by molar-refractivity contribution is -0.155. The third kappa shape index (κ3) is 6.10. The average Bonchev–Trinajstić information content (AvgIpc) is 3.00. The number of benzene rings is 1. The minimum absolute atomic E-state index is 0.0776. The number of nitrogens with zero attached hydrogens (tertiary/aromatic N) is 1. The van der Waals surface area contributed by atoms with E-state index in [2.05, 4.69) is 17.2 Å². The topological polar surface area (TPSA) is 110 Å². The third-order valence-corrected chi connectivity index (χ3v) is 5.54. The summed E-state index contributed by atoms with van der Waals surface area (Å²) in [7, 11) is 0. The molecular weight excluding hydrogens is 436 g/mol. The molecule has 180 valence electrons. The molecule has 0 saturated carbocycles. The van der Waals surface area contributed by atoms with Crippen molar-refractivity contribution in [3.8, 4) is 11.8 Å². The van der Waals surface area contributed by atoms with Crippen molar-refractivity contribution in [2.45, 2.75) is 83.8 Å². The number of hydrogen-bond acceptors (Lipinski definition) is 6. The summed E-state index contributed by atoms with van der Waals surface area (Å²) in [6, 6.07) is 3.91. The lowest BCUT2D eigenvalue weighted by Crippen LogP contribution is -2.54. The van der Waals surface area contributed by atoms with E-state index in [0.29, 0.717) is 18.4 Å². The summed E-state index contributed by atoms with van der Waals surface area (Å²) in [6.07, 6.45) is 4.65. The highest BCUT2D eigenvalue weighted by Crippen LogP contribution is 2.29. The molecule has 0 aliphatic carbocycles. The van der Waals surface area contributed by atoms with Gasteiger partial charge in [-0.2, -0.15) is 0 Å². The number of unbranched alkanes of at least 4 members (excludes halogenated alkanes) is 4. The molecule has 2 aliphatic heterocycles. The van der Waals surface area contributed by atoms with Gasteiger partial charge in [-0.1, -0.05) is 30.7 Å². The van der Waals surface area contributed by atoms with Crippen LogP contribution in [-0.2, 0) is 19.1 Å². The Kier molecular flexibility index (Phi) is 7.87. The first-order valence-electron chi connectivity index (χ1n) is 11.6. The van der Waals surface area contributed by atoms with Crippen LogP contribution in [0.3, 0.4) is 0 Å². The molecule has 1 saturated heterocycles. The highest BCUT2D eigenvalue weighted by molar-refractivity contribution is 6.24. The van der Waals surface area contributed by atoms with Crippen molar-refractivity contribution >= 4 is 29.6 Å². The molecule has 34 heavy (non-hydrogen) atoms. The van der Waals surface area contributed by atoms with Crippen LogP contribution in [0.15, 0.2) is 18.2 Å². The van der Waals surface area contributed by atoms with Crippen molar-refractivity contribution in [1.29, 1.82) is 0 Å². The minimum atomic E-state index is -0.994. The molecule has 1 N–H and O–H groups in total. The van der Waals surface area contributed by atoms with Gasteiger partial charge in [-0.05, 0) is 52.2 Å². The molecule has 2 heterocycles. The van der Waals surface area contributed by atoms with Crippen LogP contribution < -0.4 is 5.32 Å². The fourth-order valence-electron chi connectivity index (χ4n) is 4.01. The quantitative estimate of drug-likeness (QED) is 0.286.